The van der Waals surface area contributed by atoms with Crippen LogP contribution in [0.3, 0.4) is 0 Å². The fourth-order valence-electron chi connectivity index (χ4n) is 2.57. The molecule has 0 aliphatic carbocycles. The molecule has 3 rings (SSSR count). The largest absolute Gasteiger partial charge is 0.326 e. The maximum atomic E-state index is 12.1. The van der Waals surface area contributed by atoms with Crippen LogP contribution in [0.5, 0.6) is 0 Å². The molecule has 2 aromatic carbocycles. The number of benzene rings is 2. The van der Waals surface area contributed by atoms with Crippen molar-refractivity contribution in [2.24, 2.45) is 0 Å². The summed E-state index contributed by atoms with van der Waals surface area (Å²) in [4.78, 5) is 24.1. The molecule has 24 heavy (non-hydrogen) atoms. The van der Waals surface area contributed by atoms with Gasteiger partial charge in [-0.1, -0.05) is 47.7 Å². The molecule has 4 nitrogen and oxygen atoms in total. The first-order valence-electron chi connectivity index (χ1n) is 7.75. The van der Waals surface area contributed by atoms with Crippen molar-refractivity contribution in [1.82, 2.24) is 4.57 Å². The number of thiazole rings is 1. The van der Waals surface area contributed by atoms with Gasteiger partial charge in [0.2, 0.25) is 5.91 Å². The van der Waals surface area contributed by atoms with Crippen LogP contribution >= 0.6 is 11.3 Å². The molecule has 0 radical (unpaired) electrons. The van der Waals surface area contributed by atoms with Gasteiger partial charge in [0.05, 0.1) is 10.2 Å². The Kier molecular flexibility index (Phi) is 4.91. The van der Waals surface area contributed by atoms with Crippen LogP contribution in [0.1, 0.15) is 12.0 Å². The lowest BCUT2D eigenvalue weighted by Crippen LogP contribution is -2.12. The highest BCUT2D eigenvalue weighted by atomic mass is 32.1. The van der Waals surface area contributed by atoms with E-state index in [2.05, 4.69) is 11.9 Å². The Morgan fingerprint density at radius 3 is 2.75 bits per heavy atom. The second-order valence-electron chi connectivity index (χ2n) is 5.48. The summed E-state index contributed by atoms with van der Waals surface area (Å²) in [5.41, 5.74) is 2.72. The van der Waals surface area contributed by atoms with Crippen molar-refractivity contribution >= 4 is 33.1 Å². The molecule has 0 saturated carbocycles. The molecule has 122 valence electrons. The number of fused-ring (bicyclic) bond motifs is 1. The van der Waals surface area contributed by atoms with E-state index in [1.54, 1.807) is 10.6 Å². The van der Waals surface area contributed by atoms with E-state index in [1.807, 2.05) is 48.5 Å². The summed E-state index contributed by atoms with van der Waals surface area (Å²) in [5.74, 6) is -0.0314. The number of hydrogen-bond donors (Lipinski definition) is 1. The van der Waals surface area contributed by atoms with Crippen LogP contribution in [0, 0.1) is 0 Å². The lowest BCUT2D eigenvalue weighted by atomic mass is 10.1. The van der Waals surface area contributed by atoms with Gasteiger partial charge in [-0.15, -0.1) is 6.58 Å². The van der Waals surface area contributed by atoms with Crippen LogP contribution in [0.4, 0.5) is 5.69 Å². The van der Waals surface area contributed by atoms with Crippen molar-refractivity contribution in [3.63, 3.8) is 0 Å². The molecule has 0 unspecified atom stereocenters. The number of rotatable bonds is 6. The smallest absolute Gasteiger partial charge is 0.308 e. The summed E-state index contributed by atoms with van der Waals surface area (Å²) in [6.07, 6.45) is 2.83. The van der Waals surface area contributed by atoms with Gasteiger partial charge in [0.1, 0.15) is 0 Å². The van der Waals surface area contributed by atoms with Gasteiger partial charge >= 0.3 is 4.87 Å². The van der Waals surface area contributed by atoms with Gasteiger partial charge in [-0.2, -0.15) is 0 Å². The number of nitrogens with one attached hydrogen (secondary N) is 1. The fourth-order valence-corrected chi connectivity index (χ4v) is 3.51. The van der Waals surface area contributed by atoms with Crippen LogP contribution < -0.4 is 10.2 Å². The van der Waals surface area contributed by atoms with E-state index in [4.69, 9.17) is 0 Å². The van der Waals surface area contributed by atoms with E-state index in [0.717, 1.165) is 15.8 Å². The molecule has 0 aliphatic rings. The molecule has 0 spiro atoms. The zero-order chi connectivity index (χ0) is 16.9. The number of carbonyl (C=O) groups excluding carboxylic acids is 1. The quantitative estimate of drug-likeness (QED) is 0.695. The molecular formula is C19H18N2O2S. The third-order valence-corrected chi connectivity index (χ3v) is 4.69. The van der Waals surface area contributed by atoms with Crippen molar-refractivity contribution < 1.29 is 4.79 Å². The van der Waals surface area contributed by atoms with Crippen LogP contribution in [0.15, 0.2) is 66.0 Å². The lowest BCUT2D eigenvalue weighted by Gasteiger charge is -2.06. The third-order valence-electron chi connectivity index (χ3n) is 3.75. The van der Waals surface area contributed by atoms with Gasteiger partial charge < -0.3 is 5.32 Å². The lowest BCUT2D eigenvalue weighted by molar-refractivity contribution is -0.116. The molecule has 1 aromatic heterocycles. The van der Waals surface area contributed by atoms with Crippen molar-refractivity contribution in [2.45, 2.75) is 19.4 Å². The molecule has 0 fully saturated rings. The molecule has 0 aliphatic heterocycles. The fraction of sp³-hybridized carbons (Fsp3) is 0.158. The maximum Gasteiger partial charge on any atom is 0.308 e. The second kappa shape index (κ2) is 7.27. The van der Waals surface area contributed by atoms with E-state index in [9.17, 15) is 9.59 Å². The first-order valence-corrected chi connectivity index (χ1v) is 8.57. The van der Waals surface area contributed by atoms with E-state index < -0.39 is 0 Å². The minimum atomic E-state index is -0.0314. The molecular weight excluding hydrogens is 320 g/mol. The number of aromatic nitrogens is 1. The SMILES string of the molecule is C=CCn1c(=O)sc2cc(NC(=O)CCc3ccccc3)ccc21. The van der Waals surface area contributed by atoms with Gasteiger partial charge in [-0.25, -0.2) is 0 Å². The predicted octanol–water partition coefficient (Wildman–Crippen LogP) is 3.82. The number of hydrogen-bond acceptors (Lipinski definition) is 3. The first kappa shape index (κ1) is 16.2. The van der Waals surface area contributed by atoms with Crippen molar-refractivity contribution in [3.8, 4) is 0 Å². The topological polar surface area (TPSA) is 51.1 Å². The summed E-state index contributed by atoms with van der Waals surface area (Å²) in [6, 6.07) is 15.5. The zero-order valence-corrected chi connectivity index (χ0v) is 14.0. The van der Waals surface area contributed by atoms with Gasteiger partial charge in [0, 0.05) is 18.7 Å². The summed E-state index contributed by atoms with van der Waals surface area (Å²) < 4.78 is 2.54. The zero-order valence-electron chi connectivity index (χ0n) is 13.2. The number of carbonyl (C=O) groups is 1. The number of nitrogens with zero attached hydrogens (tertiary/aromatic N) is 1. The second-order valence-corrected chi connectivity index (χ2v) is 6.48. The Hall–Kier alpha value is -2.66. The number of allylic oxidation sites excluding steroid dienone is 1. The molecule has 0 bridgehead atoms. The molecule has 3 aromatic rings. The van der Waals surface area contributed by atoms with E-state index in [1.165, 1.54) is 11.3 Å². The Bertz CT molecular complexity index is 925. The predicted molar refractivity (Wildman–Crippen MR) is 99.7 cm³/mol. The highest BCUT2D eigenvalue weighted by Crippen LogP contribution is 2.22. The number of amides is 1. The van der Waals surface area contributed by atoms with E-state index >= 15 is 0 Å². The van der Waals surface area contributed by atoms with Crippen LogP contribution in [-0.2, 0) is 17.8 Å². The van der Waals surface area contributed by atoms with Gasteiger partial charge in [-0.3, -0.25) is 14.2 Å². The van der Waals surface area contributed by atoms with Gasteiger partial charge in [0.15, 0.2) is 0 Å². The Balaban J connectivity index is 1.70. The standard InChI is InChI=1S/C19H18N2O2S/c1-2-12-21-16-10-9-15(13-17(16)24-19(21)23)20-18(22)11-8-14-6-4-3-5-7-14/h2-7,9-10,13H,1,8,11-12H2,(H,20,22). The molecule has 1 heterocycles. The van der Waals surface area contributed by atoms with Gasteiger partial charge in [0.25, 0.3) is 0 Å². The third kappa shape index (κ3) is 3.63. The summed E-state index contributed by atoms with van der Waals surface area (Å²) in [7, 11) is 0. The molecule has 5 heteroatoms. The monoisotopic (exact) mass is 338 g/mol. The summed E-state index contributed by atoms with van der Waals surface area (Å²) in [5, 5.41) is 2.90. The highest BCUT2D eigenvalue weighted by Gasteiger charge is 2.09. The molecule has 0 saturated heterocycles. The molecule has 1 amide bonds. The first-order chi connectivity index (χ1) is 11.7. The minimum Gasteiger partial charge on any atom is -0.326 e. The molecule has 0 atom stereocenters. The Labute approximate surface area is 144 Å². The molecule has 1 N–H and O–H groups in total. The Morgan fingerprint density at radius 2 is 2.00 bits per heavy atom. The van der Waals surface area contributed by atoms with E-state index in [-0.39, 0.29) is 10.8 Å². The van der Waals surface area contributed by atoms with E-state index in [0.29, 0.717) is 25.1 Å². The average molecular weight is 338 g/mol. The average Bonchev–Trinajstić information content (AvgIpc) is 2.89. The van der Waals surface area contributed by atoms with Crippen LogP contribution in [0.25, 0.3) is 10.2 Å². The highest BCUT2D eigenvalue weighted by molar-refractivity contribution is 7.16. The van der Waals surface area contributed by atoms with Crippen molar-refractivity contribution in [3.05, 3.63) is 76.4 Å². The number of aryl methyl sites for hydroxylation is 1. The van der Waals surface area contributed by atoms with Crippen molar-refractivity contribution in [1.29, 1.82) is 0 Å². The summed E-state index contributed by atoms with van der Waals surface area (Å²) in [6.45, 7) is 4.16. The summed E-state index contributed by atoms with van der Waals surface area (Å²) >= 11 is 1.18. The van der Waals surface area contributed by atoms with Crippen molar-refractivity contribution in [2.75, 3.05) is 5.32 Å². The Morgan fingerprint density at radius 1 is 1.21 bits per heavy atom. The van der Waals surface area contributed by atoms with Gasteiger partial charge in [-0.05, 0) is 30.2 Å². The normalized spacial score (nSPS) is 10.7. The van der Waals surface area contributed by atoms with Crippen LogP contribution in [-0.4, -0.2) is 10.5 Å². The maximum absolute atomic E-state index is 12.1. The minimum absolute atomic E-state index is 0.0162. The van der Waals surface area contributed by atoms with Crippen LogP contribution in [0.2, 0.25) is 0 Å². The number of anilines is 1.